The monoisotopic (exact) mass is 674 g/mol. The number of carboxylic acids is 1. The molecule has 0 aromatic rings. The third-order valence-electron chi connectivity index (χ3n) is 7.51. The molecule has 0 aliphatic carbocycles. The molecule has 2 amide bonds. The van der Waals surface area contributed by atoms with E-state index in [2.05, 4.69) is 10.6 Å². The first kappa shape index (κ1) is 38.3. The van der Waals surface area contributed by atoms with Gasteiger partial charge in [0.2, 0.25) is 11.8 Å². The van der Waals surface area contributed by atoms with Crippen LogP contribution in [0.25, 0.3) is 0 Å². The Morgan fingerprint density at radius 3 is 1.78 bits per heavy atom. The van der Waals surface area contributed by atoms with E-state index >= 15 is 0 Å². The maximum absolute atomic E-state index is 12.3. The largest absolute Gasteiger partial charge is 0.479 e. The lowest BCUT2D eigenvalue weighted by Crippen LogP contribution is -2.70. The maximum atomic E-state index is 12.3. The molecule has 3 rings (SSSR count). The van der Waals surface area contributed by atoms with Gasteiger partial charge in [0.15, 0.2) is 25.0 Å². The van der Waals surface area contributed by atoms with Crippen LogP contribution in [0.3, 0.4) is 0 Å². The lowest BCUT2D eigenvalue weighted by Gasteiger charge is -2.48. The minimum atomic E-state index is -2.17. The quantitative estimate of drug-likeness (QED) is 0.0863. The van der Waals surface area contributed by atoms with Crippen LogP contribution in [0, 0.1) is 0 Å². The van der Waals surface area contributed by atoms with Crippen molar-refractivity contribution < 1.29 is 93.9 Å². The molecule has 3 aliphatic heterocycles. The molecule has 266 valence electrons. The number of ether oxygens (including phenoxy) is 6. The van der Waals surface area contributed by atoms with Crippen molar-refractivity contribution in [2.75, 3.05) is 26.4 Å². The summed E-state index contributed by atoms with van der Waals surface area (Å²) in [5.74, 6) is -3.20. The topological polar surface area (TPSA) is 333 Å². The van der Waals surface area contributed by atoms with Crippen LogP contribution in [-0.2, 0) is 42.8 Å². The molecule has 0 spiro atoms. The smallest absolute Gasteiger partial charge is 0.335 e. The van der Waals surface area contributed by atoms with Gasteiger partial charge in [-0.2, -0.15) is 0 Å². The minimum absolute atomic E-state index is 0.537. The fourth-order valence-electron chi connectivity index (χ4n) is 5.22. The highest BCUT2D eigenvalue weighted by Crippen LogP contribution is 2.33. The van der Waals surface area contributed by atoms with E-state index in [1.54, 1.807) is 0 Å². The highest BCUT2D eigenvalue weighted by atomic mass is 16.8. The first-order valence-corrected chi connectivity index (χ1v) is 14.2. The van der Waals surface area contributed by atoms with Crippen LogP contribution in [0.4, 0.5) is 0 Å². The normalized spacial score (nSPS) is 42.2. The molecule has 0 radical (unpaired) electrons. The number of nitrogens with one attached hydrogen (secondary N) is 2. The van der Waals surface area contributed by atoms with Crippen molar-refractivity contribution in [1.29, 1.82) is 0 Å². The first-order valence-electron chi connectivity index (χ1n) is 14.2. The Balaban J connectivity index is 1.88. The molecule has 46 heavy (non-hydrogen) atoms. The van der Waals surface area contributed by atoms with Crippen molar-refractivity contribution in [3.05, 3.63) is 0 Å². The van der Waals surface area contributed by atoms with E-state index in [1.807, 2.05) is 0 Å². The second kappa shape index (κ2) is 16.8. The van der Waals surface area contributed by atoms with E-state index in [4.69, 9.17) is 33.5 Å². The number of aliphatic carboxylic acids is 1. The molecule has 0 aromatic carbocycles. The average Bonchev–Trinajstić information content (AvgIpc) is 3.00. The molecule has 12 N–H and O–H groups in total. The van der Waals surface area contributed by atoms with Crippen molar-refractivity contribution in [2.24, 2.45) is 0 Å². The number of carboxylic acid groups (broad SMARTS) is 1. The summed E-state index contributed by atoms with van der Waals surface area (Å²) in [6.45, 7) is -0.767. The molecule has 1 unspecified atom stereocenters. The summed E-state index contributed by atoms with van der Waals surface area (Å²) in [7, 11) is 0. The number of hydrogen-bond donors (Lipinski definition) is 12. The molecule has 0 saturated carbocycles. The Morgan fingerprint density at radius 2 is 1.24 bits per heavy atom. The highest BCUT2D eigenvalue weighted by Gasteiger charge is 2.55. The van der Waals surface area contributed by atoms with E-state index in [1.165, 1.54) is 0 Å². The molecular weight excluding hydrogens is 632 g/mol. The zero-order valence-electron chi connectivity index (χ0n) is 24.7. The van der Waals surface area contributed by atoms with Gasteiger partial charge in [0.05, 0.1) is 26.4 Å². The zero-order chi connectivity index (χ0) is 34.5. The van der Waals surface area contributed by atoms with Gasteiger partial charge < -0.3 is 90.1 Å². The van der Waals surface area contributed by atoms with Crippen LogP contribution in [0.2, 0.25) is 0 Å². The Labute approximate surface area is 261 Å². The van der Waals surface area contributed by atoms with Crippen LogP contribution < -0.4 is 10.6 Å². The van der Waals surface area contributed by atoms with Crippen molar-refractivity contribution in [3.63, 3.8) is 0 Å². The predicted octanol–water partition coefficient (Wildman–Crippen LogP) is -7.82. The van der Waals surface area contributed by atoms with Gasteiger partial charge in [-0.05, 0) is 0 Å². The van der Waals surface area contributed by atoms with Gasteiger partial charge in [-0.1, -0.05) is 0 Å². The summed E-state index contributed by atoms with van der Waals surface area (Å²) >= 11 is 0. The van der Waals surface area contributed by atoms with Gasteiger partial charge in [-0.3, -0.25) is 9.59 Å². The second-order valence-electron chi connectivity index (χ2n) is 11.0. The Morgan fingerprint density at radius 1 is 0.696 bits per heavy atom. The van der Waals surface area contributed by atoms with Gasteiger partial charge in [0.25, 0.3) is 0 Å². The second-order valence-corrected chi connectivity index (χ2v) is 11.0. The van der Waals surface area contributed by atoms with Crippen LogP contribution in [0.5, 0.6) is 0 Å². The molecule has 0 bridgehead atoms. The highest BCUT2D eigenvalue weighted by molar-refractivity contribution is 5.74. The Bertz CT molecular complexity index is 1020. The number of hydrogen-bond acceptors (Lipinski definition) is 18. The van der Waals surface area contributed by atoms with Crippen LogP contribution >= 0.6 is 0 Å². The van der Waals surface area contributed by atoms with Crippen molar-refractivity contribution in [3.8, 4) is 0 Å². The number of carbonyl (C=O) groups excluding carboxylic acids is 2. The summed E-state index contributed by atoms with van der Waals surface area (Å²) in [6, 6.07) is -3.00. The lowest BCUT2D eigenvalue weighted by atomic mass is 9.94. The van der Waals surface area contributed by atoms with Gasteiger partial charge in [0, 0.05) is 13.8 Å². The SMILES string of the molecule is CC(=O)N[C@H]1[C@H](O[C@H]2[C@H](O)[C@@H](O)[C@H](O[C@H]3[C@H](O)[C@@H](CO)O[C@@H](OCC(O)CO)[C@@H]3NC(C)=O)O[C@@H]2C(=O)O)O[C@H](CO)[C@H](O)[C@@H]1O. The molecule has 21 heteroatoms. The Kier molecular flexibility index (Phi) is 13.9. The van der Waals surface area contributed by atoms with Crippen LogP contribution in [-0.4, -0.2) is 193 Å². The molecule has 3 heterocycles. The summed E-state index contributed by atoms with van der Waals surface area (Å²) in [5.41, 5.74) is 0. The number of aliphatic hydroxyl groups excluding tert-OH is 9. The number of amides is 2. The fraction of sp³-hybridized carbons (Fsp3) is 0.880. The predicted molar refractivity (Wildman–Crippen MR) is 142 cm³/mol. The van der Waals surface area contributed by atoms with E-state index < -0.39 is 142 Å². The number of rotatable bonds is 13. The molecular formula is C25H42N2O19. The van der Waals surface area contributed by atoms with Crippen LogP contribution in [0.15, 0.2) is 0 Å². The van der Waals surface area contributed by atoms with Gasteiger partial charge >= 0.3 is 5.97 Å². The van der Waals surface area contributed by atoms with Gasteiger partial charge in [0.1, 0.15) is 73.1 Å². The summed E-state index contributed by atoms with van der Waals surface area (Å²) in [6.07, 6.45) is -25.2. The number of aliphatic hydroxyl groups is 9. The molecule has 21 nitrogen and oxygen atoms in total. The maximum Gasteiger partial charge on any atom is 0.335 e. The van der Waals surface area contributed by atoms with Crippen molar-refractivity contribution in [1.82, 2.24) is 10.6 Å². The molecule has 3 saturated heterocycles. The lowest BCUT2D eigenvalue weighted by molar-refractivity contribution is -0.361. The third-order valence-corrected chi connectivity index (χ3v) is 7.51. The summed E-state index contributed by atoms with van der Waals surface area (Å²) in [5, 5.41) is 106. The van der Waals surface area contributed by atoms with Gasteiger partial charge in [-0.15, -0.1) is 0 Å². The zero-order valence-corrected chi connectivity index (χ0v) is 24.7. The molecule has 16 atom stereocenters. The van der Waals surface area contributed by atoms with Crippen molar-refractivity contribution >= 4 is 17.8 Å². The molecule has 0 aromatic heterocycles. The minimum Gasteiger partial charge on any atom is -0.479 e. The van der Waals surface area contributed by atoms with E-state index in [0.29, 0.717) is 0 Å². The van der Waals surface area contributed by atoms with E-state index in [-0.39, 0.29) is 0 Å². The fourth-order valence-corrected chi connectivity index (χ4v) is 5.22. The average molecular weight is 675 g/mol. The van der Waals surface area contributed by atoms with Crippen molar-refractivity contribution in [2.45, 2.75) is 112 Å². The Hall–Kier alpha value is -2.19. The summed E-state index contributed by atoms with van der Waals surface area (Å²) < 4.78 is 33.0. The molecule has 3 aliphatic rings. The summed E-state index contributed by atoms with van der Waals surface area (Å²) in [4.78, 5) is 36.1. The first-order chi connectivity index (χ1) is 21.6. The third kappa shape index (κ3) is 8.83. The van der Waals surface area contributed by atoms with Crippen LogP contribution in [0.1, 0.15) is 13.8 Å². The van der Waals surface area contributed by atoms with E-state index in [9.17, 15) is 60.3 Å². The molecule has 3 fully saturated rings. The standard InChI is InChI=1S/C25H42N2O19/c1-7(31)26-12-16(36)14(34)10(4-29)43-24(12)45-20-17(37)18(38)25(46-21(20)22(39)40)44-19-13(27-8(2)32)23(41-6-9(33)3-28)42-11(5-30)15(19)35/h9-21,23-25,28-30,33-38H,3-6H2,1-2H3,(H,26,31)(H,27,32)(H,39,40)/t9?,10-,11-,12-,13-,14+,15-,16-,17-,18-,19-,20+,21+,23-,24+,25-/m1/s1. The van der Waals surface area contributed by atoms with Gasteiger partial charge in [-0.25, -0.2) is 4.79 Å². The number of carbonyl (C=O) groups is 3. The van der Waals surface area contributed by atoms with E-state index in [0.717, 1.165) is 13.8 Å².